The zero-order valence-corrected chi connectivity index (χ0v) is 13.0. The van der Waals surface area contributed by atoms with Crippen molar-refractivity contribution in [3.8, 4) is 0 Å². The van der Waals surface area contributed by atoms with E-state index in [1.54, 1.807) is 18.5 Å². The molecule has 0 unspecified atom stereocenters. The van der Waals surface area contributed by atoms with E-state index in [4.69, 9.17) is 0 Å². The summed E-state index contributed by atoms with van der Waals surface area (Å²) in [6, 6.07) is 8.16. The van der Waals surface area contributed by atoms with Crippen LogP contribution in [0.5, 0.6) is 0 Å². The molecule has 4 nitrogen and oxygen atoms in total. The average Bonchev–Trinajstić information content (AvgIpc) is 3.01. The average molecular weight is 314 g/mol. The van der Waals surface area contributed by atoms with Crippen molar-refractivity contribution in [2.45, 2.75) is 30.8 Å². The van der Waals surface area contributed by atoms with E-state index in [-0.39, 0.29) is 12.5 Å². The van der Waals surface area contributed by atoms with Gasteiger partial charge in [-0.05, 0) is 48.6 Å². The molecule has 22 heavy (non-hydrogen) atoms. The molecule has 0 saturated heterocycles. The van der Waals surface area contributed by atoms with Crippen LogP contribution in [0.4, 0.5) is 5.69 Å². The number of carbonyl (C=O) groups is 1. The van der Waals surface area contributed by atoms with E-state index < -0.39 is 0 Å². The highest BCUT2D eigenvalue weighted by Crippen LogP contribution is 2.27. The Morgan fingerprint density at radius 2 is 2.14 bits per heavy atom. The predicted molar refractivity (Wildman–Crippen MR) is 88.0 cm³/mol. The zero-order valence-electron chi connectivity index (χ0n) is 12.2. The number of hydrogen-bond acceptors (Lipinski definition) is 4. The lowest BCUT2D eigenvalue weighted by molar-refractivity contribution is -0.113. The number of rotatable bonds is 5. The first-order chi connectivity index (χ1) is 10.8. The maximum absolute atomic E-state index is 12.0. The molecular formula is C17H18N2O2S. The minimum atomic E-state index is -0.115. The third-order valence-electron chi connectivity index (χ3n) is 3.80. The number of fused-ring (bicyclic) bond motifs is 1. The Balaban J connectivity index is 1.58. The summed E-state index contributed by atoms with van der Waals surface area (Å²) in [5.41, 5.74) is 4.10. The maximum atomic E-state index is 12.0. The minimum absolute atomic E-state index is 0.0896. The monoisotopic (exact) mass is 314 g/mol. The molecule has 1 aromatic heterocycles. The smallest absolute Gasteiger partial charge is 0.234 e. The molecule has 0 fully saturated rings. The lowest BCUT2D eigenvalue weighted by Crippen LogP contribution is -2.15. The van der Waals surface area contributed by atoms with Crippen molar-refractivity contribution >= 4 is 23.4 Å². The first-order valence-electron chi connectivity index (χ1n) is 7.34. The van der Waals surface area contributed by atoms with Crippen LogP contribution in [0.3, 0.4) is 0 Å². The molecule has 0 atom stereocenters. The molecule has 1 amide bonds. The predicted octanol–water partition coefficient (Wildman–Crippen LogP) is 2.79. The summed E-state index contributed by atoms with van der Waals surface area (Å²) < 4.78 is 0. The van der Waals surface area contributed by atoms with Crippen molar-refractivity contribution in [2.24, 2.45) is 0 Å². The number of benzene rings is 1. The fourth-order valence-corrected chi connectivity index (χ4v) is 3.41. The number of pyridine rings is 1. The molecule has 1 aliphatic carbocycles. The Hall–Kier alpha value is -1.85. The van der Waals surface area contributed by atoms with E-state index in [1.165, 1.54) is 35.7 Å². The number of nitrogens with zero attached hydrogens (tertiary/aromatic N) is 1. The van der Waals surface area contributed by atoms with E-state index in [0.29, 0.717) is 17.0 Å². The molecule has 1 heterocycles. The summed E-state index contributed by atoms with van der Waals surface area (Å²) in [7, 11) is 0. The normalized spacial score (nSPS) is 13.0. The number of anilines is 1. The van der Waals surface area contributed by atoms with Gasteiger partial charge in [0.1, 0.15) is 0 Å². The van der Waals surface area contributed by atoms with Crippen molar-refractivity contribution in [1.82, 2.24) is 4.98 Å². The number of aryl methyl sites for hydroxylation is 2. The lowest BCUT2D eigenvalue weighted by atomic mass is 10.1. The number of amides is 1. The number of carbonyl (C=O) groups excluding carboxylic acids is 1. The Morgan fingerprint density at radius 1 is 1.27 bits per heavy atom. The second-order valence-corrected chi connectivity index (χ2v) is 6.36. The minimum Gasteiger partial charge on any atom is -0.392 e. The Kier molecular flexibility index (Phi) is 4.75. The summed E-state index contributed by atoms with van der Waals surface area (Å²) in [5.74, 6) is 0.256. The quantitative estimate of drug-likeness (QED) is 0.833. The highest BCUT2D eigenvalue weighted by molar-refractivity contribution is 8.00. The van der Waals surface area contributed by atoms with Crippen LogP contribution in [0.1, 0.15) is 23.1 Å². The van der Waals surface area contributed by atoms with E-state index in [1.807, 2.05) is 0 Å². The van der Waals surface area contributed by atoms with Gasteiger partial charge in [-0.1, -0.05) is 6.07 Å². The van der Waals surface area contributed by atoms with E-state index in [2.05, 4.69) is 28.5 Å². The molecule has 0 spiro atoms. The molecule has 3 rings (SSSR count). The number of hydrogen-bond donors (Lipinski definition) is 2. The zero-order chi connectivity index (χ0) is 15.4. The van der Waals surface area contributed by atoms with Crippen LogP contribution in [0.25, 0.3) is 0 Å². The van der Waals surface area contributed by atoms with Crippen LogP contribution in [-0.2, 0) is 24.2 Å². The standard InChI is InChI=1S/C17H18N2O2S/c20-10-14-6-7-18-9-16(14)19-17(21)11-22-15-5-4-12-2-1-3-13(12)8-15/h4-9,20H,1-3,10-11H2,(H,19,21). The fraction of sp³-hybridized carbons (Fsp3) is 0.294. The second kappa shape index (κ2) is 6.94. The van der Waals surface area contributed by atoms with Crippen LogP contribution in [0.15, 0.2) is 41.6 Å². The lowest BCUT2D eigenvalue weighted by Gasteiger charge is -2.09. The van der Waals surface area contributed by atoms with Crippen molar-refractivity contribution in [3.63, 3.8) is 0 Å². The summed E-state index contributed by atoms with van der Waals surface area (Å²) in [5, 5.41) is 12.0. The number of aromatic nitrogens is 1. The van der Waals surface area contributed by atoms with Gasteiger partial charge in [0.2, 0.25) is 5.91 Å². The highest BCUT2D eigenvalue weighted by atomic mass is 32.2. The van der Waals surface area contributed by atoms with E-state index in [9.17, 15) is 9.90 Å². The molecule has 0 aliphatic heterocycles. The third kappa shape index (κ3) is 3.48. The summed E-state index contributed by atoms with van der Waals surface area (Å²) in [6.07, 6.45) is 6.70. The van der Waals surface area contributed by atoms with Gasteiger partial charge in [-0.25, -0.2) is 0 Å². The van der Waals surface area contributed by atoms with Gasteiger partial charge in [0, 0.05) is 16.7 Å². The van der Waals surface area contributed by atoms with Crippen LogP contribution in [0, 0.1) is 0 Å². The molecule has 2 aromatic rings. The number of aliphatic hydroxyl groups excluding tert-OH is 1. The van der Waals surface area contributed by atoms with Gasteiger partial charge in [0.25, 0.3) is 0 Å². The first kappa shape index (κ1) is 15.1. The van der Waals surface area contributed by atoms with Gasteiger partial charge in [0.15, 0.2) is 0 Å². The number of aliphatic hydroxyl groups is 1. The van der Waals surface area contributed by atoms with Gasteiger partial charge >= 0.3 is 0 Å². The Labute approximate surface area is 134 Å². The van der Waals surface area contributed by atoms with Gasteiger partial charge < -0.3 is 10.4 Å². The highest BCUT2D eigenvalue weighted by Gasteiger charge is 2.12. The van der Waals surface area contributed by atoms with E-state index in [0.717, 1.165) is 11.3 Å². The third-order valence-corrected chi connectivity index (χ3v) is 4.79. The molecule has 0 radical (unpaired) electrons. The van der Waals surface area contributed by atoms with Gasteiger partial charge in [-0.3, -0.25) is 9.78 Å². The van der Waals surface area contributed by atoms with Crippen molar-refractivity contribution < 1.29 is 9.90 Å². The molecule has 114 valence electrons. The van der Waals surface area contributed by atoms with Gasteiger partial charge in [-0.15, -0.1) is 11.8 Å². The Bertz CT molecular complexity index is 688. The summed E-state index contributed by atoms with van der Waals surface area (Å²) >= 11 is 1.53. The van der Waals surface area contributed by atoms with Gasteiger partial charge in [-0.2, -0.15) is 0 Å². The SMILES string of the molecule is O=C(CSc1ccc2c(c1)CCC2)Nc1cnccc1CO. The second-order valence-electron chi connectivity index (χ2n) is 5.31. The fourth-order valence-electron chi connectivity index (χ4n) is 2.65. The summed E-state index contributed by atoms with van der Waals surface area (Å²) in [4.78, 5) is 17.1. The van der Waals surface area contributed by atoms with Crippen LogP contribution >= 0.6 is 11.8 Å². The maximum Gasteiger partial charge on any atom is 0.234 e. The van der Waals surface area contributed by atoms with Crippen LogP contribution < -0.4 is 5.32 Å². The van der Waals surface area contributed by atoms with E-state index >= 15 is 0 Å². The molecule has 1 aliphatic rings. The number of nitrogens with one attached hydrogen (secondary N) is 1. The number of thioether (sulfide) groups is 1. The molecular weight excluding hydrogens is 296 g/mol. The van der Waals surface area contributed by atoms with Crippen molar-refractivity contribution in [1.29, 1.82) is 0 Å². The largest absolute Gasteiger partial charge is 0.392 e. The van der Waals surface area contributed by atoms with Crippen molar-refractivity contribution in [3.05, 3.63) is 53.3 Å². The molecule has 1 aromatic carbocycles. The molecule has 2 N–H and O–H groups in total. The molecule has 0 saturated carbocycles. The van der Waals surface area contributed by atoms with Crippen molar-refractivity contribution in [2.75, 3.05) is 11.1 Å². The summed E-state index contributed by atoms with van der Waals surface area (Å²) in [6.45, 7) is -0.115. The van der Waals surface area contributed by atoms with Gasteiger partial charge in [0.05, 0.1) is 24.2 Å². The Morgan fingerprint density at radius 3 is 3.00 bits per heavy atom. The first-order valence-corrected chi connectivity index (χ1v) is 8.33. The van der Waals surface area contributed by atoms with Crippen LogP contribution in [0.2, 0.25) is 0 Å². The molecule has 0 bridgehead atoms. The van der Waals surface area contributed by atoms with Crippen LogP contribution in [-0.4, -0.2) is 21.8 Å². The molecule has 5 heteroatoms. The topological polar surface area (TPSA) is 62.2 Å².